The average Bonchev–Trinajstić information content (AvgIpc) is 2.97. The molecule has 2 rings (SSSR count). The molecule has 0 bridgehead atoms. The van der Waals surface area contributed by atoms with E-state index in [1.54, 1.807) is 0 Å². The van der Waals surface area contributed by atoms with Crippen LogP contribution in [0.1, 0.15) is 32.1 Å². The normalized spacial score (nSPS) is 24.1. The highest BCUT2D eigenvalue weighted by atomic mass is 16.2. The van der Waals surface area contributed by atoms with Crippen molar-refractivity contribution < 1.29 is 4.79 Å². The molecule has 3 heteroatoms. The van der Waals surface area contributed by atoms with Crippen LogP contribution in [0.5, 0.6) is 0 Å². The van der Waals surface area contributed by atoms with Gasteiger partial charge in [-0.3, -0.25) is 4.79 Å². The van der Waals surface area contributed by atoms with Crippen LogP contribution < -0.4 is 11.1 Å². The van der Waals surface area contributed by atoms with E-state index in [1.807, 2.05) is 0 Å². The van der Waals surface area contributed by atoms with E-state index in [0.717, 1.165) is 32.4 Å². The Morgan fingerprint density at radius 3 is 2.62 bits per heavy atom. The van der Waals surface area contributed by atoms with Crippen LogP contribution in [0.25, 0.3) is 0 Å². The minimum absolute atomic E-state index is 0.267. The number of carbonyl (C=O) groups excluding carboxylic acids is 1. The molecule has 0 spiro atoms. The summed E-state index contributed by atoms with van der Waals surface area (Å²) in [5, 5.41) is 3.04. The molecule has 0 aliphatic heterocycles. The quantitative estimate of drug-likeness (QED) is 0.655. The molecule has 0 radical (unpaired) electrons. The molecule has 13 heavy (non-hydrogen) atoms. The molecule has 0 atom stereocenters. The lowest BCUT2D eigenvalue weighted by atomic mass is 10.0. The van der Waals surface area contributed by atoms with Crippen LogP contribution >= 0.6 is 0 Å². The van der Waals surface area contributed by atoms with E-state index in [1.165, 1.54) is 12.8 Å². The van der Waals surface area contributed by atoms with E-state index >= 15 is 0 Å². The zero-order valence-corrected chi connectivity index (χ0v) is 8.01. The van der Waals surface area contributed by atoms with Crippen molar-refractivity contribution in [3.05, 3.63) is 0 Å². The number of hydrogen-bond acceptors (Lipinski definition) is 2. The fourth-order valence-corrected chi connectivity index (χ4v) is 1.76. The Labute approximate surface area is 79.1 Å². The Kier molecular flexibility index (Phi) is 2.28. The highest BCUT2D eigenvalue weighted by molar-refractivity contribution is 5.80. The van der Waals surface area contributed by atoms with Crippen LogP contribution in [0.2, 0.25) is 0 Å². The van der Waals surface area contributed by atoms with E-state index in [0.29, 0.717) is 11.3 Å². The highest BCUT2D eigenvalue weighted by Crippen LogP contribution is 2.47. The topological polar surface area (TPSA) is 55.1 Å². The molecule has 0 saturated heterocycles. The third-order valence-corrected chi connectivity index (χ3v) is 3.22. The first kappa shape index (κ1) is 9.00. The third-order valence-electron chi connectivity index (χ3n) is 3.22. The lowest BCUT2D eigenvalue weighted by molar-refractivity contribution is -0.122. The maximum absolute atomic E-state index is 11.3. The van der Waals surface area contributed by atoms with Gasteiger partial charge in [0.05, 0.1) is 0 Å². The highest BCUT2D eigenvalue weighted by Gasteiger charge is 2.42. The first-order chi connectivity index (χ1) is 6.26. The summed E-state index contributed by atoms with van der Waals surface area (Å²) in [7, 11) is 0. The number of rotatable bonds is 5. The maximum Gasteiger partial charge on any atom is 0.223 e. The van der Waals surface area contributed by atoms with Crippen molar-refractivity contribution in [1.29, 1.82) is 0 Å². The van der Waals surface area contributed by atoms with Crippen molar-refractivity contribution in [3.8, 4) is 0 Å². The fourth-order valence-electron chi connectivity index (χ4n) is 1.76. The number of carbonyl (C=O) groups is 1. The molecule has 0 aromatic carbocycles. The summed E-state index contributed by atoms with van der Waals surface area (Å²) in [5.74, 6) is 0.608. The van der Waals surface area contributed by atoms with Gasteiger partial charge in [-0.25, -0.2) is 0 Å². The molecule has 3 nitrogen and oxygen atoms in total. The molecule has 0 aromatic rings. The van der Waals surface area contributed by atoms with Gasteiger partial charge in [-0.2, -0.15) is 0 Å². The summed E-state index contributed by atoms with van der Waals surface area (Å²) in [6.45, 7) is 1.61. The van der Waals surface area contributed by atoms with Crippen LogP contribution in [0.3, 0.4) is 0 Å². The van der Waals surface area contributed by atoms with Gasteiger partial charge in [0.25, 0.3) is 0 Å². The van der Waals surface area contributed by atoms with Crippen LogP contribution in [0.15, 0.2) is 0 Å². The second-order valence-electron chi connectivity index (χ2n) is 4.53. The molecule has 3 N–H and O–H groups in total. The SMILES string of the molecule is NCCC1(CNC(=O)C2CC2)CC1. The van der Waals surface area contributed by atoms with Crippen LogP contribution in [-0.4, -0.2) is 19.0 Å². The first-order valence-electron chi connectivity index (χ1n) is 5.24. The summed E-state index contributed by atoms with van der Waals surface area (Å²) in [5.41, 5.74) is 5.91. The molecule has 1 amide bonds. The lowest BCUT2D eigenvalue weighted by Gasteiger charge is -2.14. The second kappa shape index (κ2) is 3.29. The minimum Gasteiger partial charge on any atom is -0.355 e. The summed E-state index contributed by atoms with van der Waals surface area (Å²) < 4.78 is 0. The first-order valence-corrected chi connectivity index (χ1v) is 5.24. The Morgan fingerprint density at radius 2 is 2.15 bits per heavy atom. The molecule has 2 aliphatic carbocycles. The molecular formula is C10H18N2O. The lowest BCUT2D eigenvalue weighted by Crippen LogP contribution is -2.32. The summed E-state index contributed by atoms with van der Waals surface area (Å²) in [6.07, 6.45) is 5.74. The predicted molar refractivity (Wildman–Crippen MR) is 51.1 cm³/mol. The van der Waals surface area contributed by atoms with Crippen molar-refractivity contribution in [3.63, 3.8) is 0 Å². The fraction of sp³-hybridized carbons (Fsp3) is 0.900. The number of nitrogens with two attached hydrogens (primary N) is 1. The molecule has 2 saturated carbocycles. The molecule has 74 valence electrons. The third kappa shape index (κ3) is 2.21. The van der Waals surface area contributed by atoms with Crippen molar-refractivity contribution in [2.75, 3.05) is 13.1 Å². The average molecular weight is 182 g/mol. The Bertz CT molecular complexity index is 207. The van der Waals surface area contributed by atoms with Crippen molar-refractivity contribution in [2.45, 2.75) is 32.1 Å². The van der Waals surface area contributed by atoms with Crippen molar-refractivity contribution >= 4 is 5.91 Å². The van der Waals surface area contributed by atoms with Gasteiger partial charge in [-0.15, -0.1) is 0 Å². The number of nitrogens with one attached hydrogen (secondary N) is 1. The number of hydrogen-bond donors (Lipinski definition) is 2. The van der Waals surface area contributed by atoms with Gasteiger partial charge in [0.15, 0.2) is 0 Å². The Morgan fingerprint density at radius 1 is 1.46 bits per heavy atom. The molecule has 0 aromatic heterocycles. The van der Waals surface area contributed by atoms with Gasteiger partial charge in [-0.1, -0.05) is 0 Å². The molecule has 0 heterocycles. The van der Waals surface area contributed by atoms with E-state index in [9.17, 15) is 4.79 Å². The maximum atomic E-state index is 11.3. The number of amides is 1. The van der Waals surface area contributed by atoms with Gasteiger partial charge in [0.1, 0.15) is 0 Å². The van der Waals surface area contributed by atoms with Crippen LogP contribution in [0.4, 0.5) is 0 Å². The van der Waals surface area contributed by atoms with E-state index in [2.05, 4.69) is 5.32 Å². The summed E-state index contributed by atoms with van der Waals surface area (Å²) in [4.78, 5) is 11.3. The Balaban J connectivity index is 1.69. The monoisotopic (exact) mass is 182 g/mol. The van der Waals surface area contributed by atoms with Gasteiger partial charge in [0, 0.05) is 12.5 Å². The predicted octanol–water partition coefficient (Wildman–Crippen LogP) is 0.642. The molecule has 0 unspecified atom stereocenters. The van der Waals surface area contributed by atoms with Crippen LogP contribution in [-0.2, 0) is 4.79 Å². The largest absolute Gasteiger partial charge is 0.355 e. The minimum atomic E-state index is 0.267. The van der Waals surface area contributed by atoms with E-state index < -0.39 is 0 Å². The smallest absolute Gasteiger partial charge is 0.223 e. The van der Waals surface area contributed by atoms with Crippen LogP contribution in [0, 0.1) is 11.3 Å². The summed E-state index contributed by atoms with van der Waals surface area (Å²) in [6, 6.07) is 0. The zero-order valence-electron chi connectivity index (χ0n) is 8.01. The van der Waals surface area contributed by atoms with Gasteiger partial charge in [-0.05, 0) is 44.1 Å². The van der Waals surface area contributed by atoms with E-state index in [-0.39, 0.29) is 5.91 Å². The zero-order chi connectivity index (χ0) is 9.31. The van der Waals surface area contributed by atoms with Gasteiger partial charge < -0.3 is 11.1 Å². The van der Waals surface area contributed by atoms with E-state index in [4.69, 9.17) is 5.73 Å². The van der Waals surface area contributed by atoms with Gasteiger partial charge in [0.2, 0.25) is 5.91 Å². The molecule has 2 fully saturated rings. The Hall–Kier alpha value is -0.570. The summed E-state index contributed by atoms with van der Waals surface area (Å²) >= 11 is 0. The van der Waals surface area contributed by atoms with Crippen molar-refractivity contribution in [1.82, 2.24) is 5.32 Å². The van der Waals surface area contributed by atoms with Gasteiger partial charge >= 0.3 is 0 Å². The second-order valence-corrected chi connectivity index (χ2v) is 4.53. The molecule has 2 aliphatic rings. The molecular weight excluding hydrogens is 164 g/mol. The van der Waals surface area contributed by atoms with Crippen molar-refractivity contribution in [2.24, 2.45) is 17.1 Å². The standard InChI is InChI=1S/C10H18N2O/c11-6-5-10(3-4-10)7-12-9(13)8-1-2-8/h8H,1-7,11H2,(H,12,13).